The Balaban J connectivity index is 1.40. The fourth-order valence-corrected chi connectivity index (χ4v) is 3.72. The van der Waals surface area contributed by atoms with Gasteiger partial charge in [-0.1, -0.05) is 60.3 Å². The van der Waals surface area contributed by atoms with Crippen LogP contribution in [0.5, 0.6) is 0 Å². The van der Waals surface area contributed by atoms with Gasteiger partial charge in [-0.2, -0.15) is 0 Å². The molecule has 0 saturated heterocycles. The summed E-state index contributed by atoms with van der Waals surface area (Å²) in [6, 6.07) is 20.4. The summed E-state index contributed by atoms with van der Waals surface area (Å²) in [5.74, 6) is 0.407. The average molecular weight is 395 g/mol. The van der Waals surface area contributed by atoms with E-state index in [2.05, 4.69) is 46.5 Å². The van der Waals surface area contributed by atoms with Crippen LogP contribution >= 0.6 is 11.8 Å². The zero-order chi connectivity index (χ0) is 19.8. The van der Waals surface area contributed by atoms with Crippen LogP contribution in [0.15, 0.2) is 72.0 Å². The van der Waals surface area contributed by atoms with E-state index in [-0.39, 0.29) is 5.91 Å². The normalized spacial score (nSPS) is 10.6. The number of hydrogen-bond donors (Lipinski definition) is 1. The highest BCUT2D eigenvalue weighted by molar-refractivity contribution is 7.99. The third-order valence-electron chi connectivity index (χ3n) is 4.54. The Kier molecular flexibility index (Phi) is 7.14. The lowest BCUT2D eigenvalue weighted by atomic mass is 10.2. The first-order valence-corrected chi connectivity index (χ1v) is 10.4. The number of benzene rings is 2. The molecule has 0 bridgehead atoms. The molecule has 0 aliphatic heterocycles. The molecule has 1 heterocycles. The molecule has 6 heteroatoms. The summed E-state index contributed by atoms with van der Waals surface area (Å²) in [6.07, 6.45) is 2.76. The third kappa shape index (κ3) is 5.39. The van der Waals surface area contributed by atoms with Crippen LogP contribution in [0.2, 0.25) is 0 Å². The number of aromatic nitrogens is 2. The first-order chi connectivity index (χ1) is 13.6. The maximum Gasteiger partial charge on any atom is 0.230 e. The number of anilines is 1. The van der Waals surface area contributed by atoms with E-state index in [4.69, 9.17) is 0 Å². The minimum atomic E-state index is 0.0385. The Labute approximate surface area is 170 Å². The minimum Gasteiger partial charge on any atom is -0.375 e. The number of amides is 1. The molecule has 1 amide bonds. The van der Waals surface area contributed by atoms with Crippen LogP contribution in [-0.2, 0) is 11.8 Å². The second-order valence-electron chi connectivity index (χ2n) is 6.60. The summed E-state index contributed by atoms with van der Waals surface area (Å²) < 4.78 is 2.03. The van der Waals surface area contributed by atoms with Crippen LogP contribution in [0.4, 0.5) is 5.69 Å². The Morgan fingerprint density at radius 2 is 1.79 bits per heavy atom. The lowest BCUT2D eigenvalue weighted by Crippen LogP contribution is -2.29. The summed E-state index contributed by atoms with van der Waals surface area (Å²) in [5, 5.41) is 3.84. The van der Waals surface area contributed by atoms with Gasteiger partial charge in [-0.05, 0) is 24.1 Å². The van der Waals surface area contributed by atoms with E-state index in [1.165, 1.54) is 17.4 Å². The fourth-order valence-electron chi connectivity index (χ4n) is 2.94. The Morgan fingerprint density at radius 3 is 2.50 bits per heavy atom. The quantitative estimate of drug-likeness (QED) is 0.443. The van der Waals surface area contributed by atoms with E-state index in [9.17, 15) is 4.79 Å². The van der Waals surface area contributed by atoms with Gasteiger partial charge in [0.25, 0.3) is 0 Å². The Hall–Kier alpha value is -2.73. The van der Waals surface area contributed by atoms with Crippen LogP contribution in [-0.4, -0.2) is 41.3 Å². The molecule has 0 aliphatic rings. The van der Waals surface area contributed by atoms with Crippen molar-refractivity contribution in [2.75, 3.05) is 30.8 Å². The van der Waals surface area contributed by atoms with E-state index < -0.39 is 0 Å². The first kappa shape index (κ1) is 20.0. The van der Waals surface area contributed by atoms with Gasteiger partial charge in [0.1, 0.15) is 0 Å². The van der Waals surface area contributed by atoms with Crippen molar-refractivity contribution < 1.29 is 4.79 Å². The second-order valence-corrected chi connectivity index (χ2v) is 7.54. The SMILES string of the molecule is CN(CCCNC(=O)CSc1ncc(-c2ccccc2)n1C)c1ccccc1. The van der Waals surface area contributed by atoms with Gasteiger partial charge < -0.3 is 14.8 Å². The van der Waals surface area contributed by atoms with Crippen LogP contribution in [0.3, 0.4) is 0 Å². The van der Waals surface area contributed by atoms with Gasteiger partial charge in [0.15, 0.2) is 5.16 Å². The highest BCUT2D eigenvalue weighted by Gasteiger charge is 2.11. The van der Waals surface area contributed by atoms with Gasteiger partial charge in [-0.25, -0.2) is 4.98 Å². The summed E-state index contributed by atoms with van der Waals surface area (Å²) in [7, 11) is 4.05. The van der Waals surface area contributed by atoms with Gasteiger partial charge in [0.2, 0.25) is 5.91 Å². The standard InChI is InChI=1S/C22H26N4OS/c1-25(19-12-7-4-8-13-19)15-9-14-23-21(27)17-28-22-24-16-20(26(22)2)18-10-5-3-6-11-18/h3-8,10-13,16H,9,14-15,17H2,1-2H3,(H,23,27). The van der Waals surface area contributed by atoms with Crippen molar-refractivity contribution in [3.8, 4) is 11.3 Å². The molecule has 0 spiro atoms. The highest BCUT2D eigenvalue weighted by atomic mass is 32.2. The first-order valence-electron chi connectivity index (χ1n) is 9.38. The predicted molar refractivity (Wildman–Crippen MR) is 117 cm³/mol. The molecule has 0 saturated carbocycles. The van der Waals surface area contributed by atoms with Crippen molar-refractivity contribution in [1.82, 2.24) is 14.9 Å². The molecular weight excluding hydrogens is 368 g/mol. The minimum absolute atomic E-state index is 0.0385. The molecule has 0 atom stereocenters. The van der Waals surface area contributed by atoms with Crippen molar-refractivity contribution in [1.29, 1.82) is 0 Å². The Morgan fingerprint density at radius 1 is 1.11 bits per heavy atom. The van der Waals surface area contributed by atoms with Crippen LogP contribution in [0.1, 0.15) is 6.42 Å². The third-order valence-corrected chi connectivity index (χ3v) is 5.58. The predicted octanol–water partition coefficient (Wildman–Crippen LogP) is 3.82. The number of carbonyl (C=O) groups is 1. The van der Waals surface area contributed by atoms with Crippen molar-refractivity contribution in [2.45, 2.75) is 11.6 Å². The number of hydrogen-bond acceptors (Lipinski definition) is 4. The molecule has 2 aromatic carbocycles. The van der Waals surface area contributed by atoms with Gasteiger partial charge >= 0.3 is 0 Å². The van der Waals surface area contributed by atoms with Crippen molar-refractivity contribution in [3.05, 3.63) is 66.9 Å². The van der Waals surface area contributed by atoms with E-state index in [1.807, 2.05) is 54.2 Å². The Bertz CT molecular complexity index is 880. The smallest absolute Gasteiger partial charge is 0.230 e. The highest BCUT2D eigenvalue weighted by Crippen LogP contribution is 2.24. The monoisotopic (exact) mass is 394 g/mol. The largest absolute Gasteiger partial charge is 0.375 e. The van der Waals surface area contributed by atoms with Gasteiger partial charge in [0.05, 0.1) is 17.6 Å². The number of rotatable bonds is 9. The van der Waals surface area contributed by atoms with Gasteiger partial charge in [0, 0.05) is 32.9 Å². The maximum atomic E-state index is 12.1. The van der Waals surface area contributed by atoms with Crippen LogP contribution in [0, 0.1) is 0 Å². The molecule has 3 rings (SSSR count). The molecule has 1 aromatic heterocycles. The van der Waals surface area contributed by atoms with E-state index in [1.54, 1.807) is 0 Å². The topological polar surface area (TPSA) is 50.2 Å². The van der Waals surface area contributed by atoms with Crippen molar-refractivity contribution in [3.63, 3.8) is 0 Å². The van der Waals surface area contributed by atoms with Gasteiger partial charge in [-0.3, -0.25) is 4.79 Å². The molecule has 3 aromatic rings. The molecule has 0 unspecified atom stereocenters. The number of thioether (sulfide) groups is 1. The van der Waals surface area contributed by atoms with Crippen LogP contribution < -0.4 is 10.2 Å². The van der Waals surface area contributed by atoms with E-state index >= 15 is 0 Å². The van der Waals surface area contributed by atoms with E-state index in [0.29, 0.717) is 12.3 Å². The fraction of sp³-hybridized carbons (Fsp3) is 0.273. The summed E-state index contributed by atoms with van der Waals surface area (Å²) >= 11 is 1.46. The molecule has 0 aliphatic carbocycles. The summed E-state index contributed by atoms with van der Waals surface area (Å²) in [6.45, 7) is 1.57. The van der Waals surface area contributed by atoms with Crippen LogP contribution in [0.25, 0.3) is 11.3 Å². The lowest BCUT2D eigenvalue weighted by Gasteiger charge is -2.19. The average Bonchev–Trinajstić information content (AvgIpc) is 3.11. The number of imidazole rings is 1. The number of nitrogens with one attached hydrogen (secondary N) is 1. The van der Waals surface area contributed by atoms with Crippen molar-refractivity contribution >= 4 is 23.4 Å². The molecule has 5 nitrogen and oxygen atoms in total. The van der Waals surface area contributed by atoms with E-state index in [0.717, 1.165) is 29.4 Å². The molecular formula is C22H26N4OS. The maximum absolute atomic E-state index is 12.1. The molecule has 28 heavy (non-hydrogen) atoms. The number of nitrogens with zero attached hydrogens (tertiary/aromatic N) is 3. The number of carbonyl (C=O) groups excluding carboxylic acids is 1. The number of para-hydroxylation sites is 1. The zero-order valence-electron chi connectivity index (χ0n) is 16.3. The molecule has 0 fully saturated rings. The molecule has 1 N–H and O–H groups in total. The zero-order valence-corrected chi connectivity index (χ0v) is 17.2. The van der Waals surface area contributed by atoms with Crippen molar-refractivity contribution in [2.24, 2.45) is 7.05 Å². The molecule has 146 valence electrons. The van der Waals surface area contributed by atoms with Gasteiger partial charge in [-0.15, -0.1) is 0 Å². The molecule has 0 radical (unpaired) electrons. The summed E-state index contributed by atoms with van der Waals surface area (Å²) in [4.78, 5) is 18.8. The lowest BCUT2D eigenvalue weighted by molar-refractivity contribution is -0.118. The summed E-state index contributed by atoms with van der Waals surface area (Å²) in [5.41, 5.74) is 3.36. The second kappa shape index (κ2) is 9.99.